The Bertz CT molecular complexity index is 746. The molecule has 2 atom stereocenters. The lowest BCUT2D eigenvalue weighted by Crippen LogP contribution is -2.37. The van der Waals surface area contributed by atoms with Gasteiger partial charge in [-0.3, -0.25) is 4.79 Å². The molecule has 1 aromatic rings. The van der Waals surface area contributed by atoms with Crippen molar-refractivity contribution in [1.82, 2.24) is 0 Å². The third-order valence-corrected chi connectivity index (χ3v) is 7.59. The van der Waals surface area contributed by atoms with Crippen molar-refractivity contribution in [1.29, 1.82) is 0 Å². The highest BCUT2D eigenvalue weighted by Gasteiger charge is 2.49. The summed E-state index contributed by atoms with van der Waals surface area (Å²) in [5.74, 6) is 0.109. The van der Waals surface area contributed by atoms with Gasteiger partial charge in [-0.15, -0.1) is 0 Å². The van der Waals surface area contributed by atoms with Gasteiger partial charge < -0.3 is 4.90 Å². The van der Waals surface area contributed by atoms with Crippen LogP contribution in [0.3, 0.4) is 0 Å². The number of fused-ring (bicyclic) bond motifs is 1. The van der Waals surface area contributed by atoms with Gasteiger partial charge in [-0.2, -0.15) is 4.99 Å². The summed E-state index contributed by atoms with van der Waals surface area (Å²) < 4.78 is 24.9. The van der Waals surface area contributed by atoms with Crippen molar-refractivity contribution in [2.45, 2.75) is 31.1 Å². The smallest absolute Gasteiger partial charge is 0.248 e. The van der Waals surface area contributed by atoms with Crippen LogP contribution < -0.4 is 4.90 Å². The molecular formula is C15H17BrN2O3S2. The molecule has 2 saturated heterocycles. The molecule has 0 aliphatic carbocycles. The van der Waals surface area contributed by atoms with E-state index in [4.69, 9.17) is 0 Å². The van der Waals surface area contributed by atoms with Gasteiger partial charge in [-0.25, -0.2) is 8.42 Å². The van der Waals surface area contributed by atoms with Gasteiger partial charge in [0.15, 0.2) is 15.0 Å². The summed E-state index contributed by atoms with van der Waals surface area (Å²) in [4.78, 5) is 18.1. The Labute approximate surface area is 148 Å². The van der Waals surface area contributed by atoms with Crippen molar-refractivity contribution in [2.24, 2.45) is 4.99 Å². The predicted octanol–water partition coefficient (Wildman–Crippen LogP) is 2.85. The van der Waals surface area contributed by atoms with Gasteiger partial charge in [-0.05, 0) is 30.7 Å². The molecule has 124 valence electrons. The lowest BCUT2D eigenvalue weighted by Gasteiger charge is -2.24. The number of amides is 1. The molecule has 0 N–H and O–H groups in total. The van der Waals surface area contributed by atoms with Crippen molar-refractivity contribution in [3.63, 3.8) is 0 Å². The monoisotopic (exact) mass is 416 g/mol. The standard InChI is InChI=1S/C15H17BrN2O3S2/c1-2-3-14(19)17-15-18(11-6-4-10(16)5-7-11)12-8-23(20,21)9-13(12)22-15/h4-7,12-13H,2-3,8-9H2,1H3/t12-,13-/m1/s1. The summed E-state index contributed by atoms with van der Waals surface area (Å²) >= 11 is 4.81. The Morgan fingerprint density at radius 3 is 2.70 bits per heavy atom. The quantitative estimate of drug-likeness (QED) is 0.757. The lowest BCUT2D eigenvalue weighted by atomic mass is 10.2. The first-order valence-electron chi connectivity index (χ1n) is 7.43. The van der Waals surface area contributed by atoms with Crippen LogP contribution in [-0.2, 0) is 14.6 Å². The van der Waals surface area contributed by atoms with Gasteiger partial charge in [0, 0.05) is 21.8 Å². The number of anilines is 1. The molecular weight excluding hydrogens is 400 g/mol. The largest absolute Gasteiger partial charge is 0.316 e. The first-order chi connectivity index (χ1) is 10.9. The molecule has 1 amide bonds. The fourth-order valence-corrected chi connectivity index (χ4v) is 7.04. The summed E-state index contributed by atoms with van der Waals surface area (Å²) in [7, 11) is -3.03. The molecule has 0 aromatic heterocycles. The zero-order valence-electron chi connectivity index (χ0n) is 12.6. The second-order valence-electron chi connectivity index (χ2n) is 5.69. The summed E-state index contributed by atoms with van der Waals surface area (Å²) in [5.41, 5.74) is 0.869. The normalized spacial score (nSPS) is 27.4. The van der Waals surface area contributed by atoms with Gasteiger partial charge in [0.25, 0.3) is 0 Å². The molecule has 1 aromatic carbocycles. The zero-order chi connectivity index (χ0) is 16.6. The van der Waals surface area contributed by atoms with Crippen LogP contribution in [0.5, 0.6) is 0 Å². The summed E-state index contributed by atoms with van der Waals surface area (Å²) in [6.45, 7) is 1.94. The van der Waals surface area contributed by atoms with Crippen LogP contribution in [0.15, 0.2) is 33.7 Å². The molecule has 8 heteroatoms. The van der Waals surface area contributed by atoms with Crippen molar-refractivity contribution in [2.75, 3.05) is 16.4 Å². The van der Waals surface area contributed by atoms with E-state index in [0.29, 0.717) is 11.6 Å². The predicted molar refractivity (Wildman–Crippen MR) is 97.8 cm³/mol. The second kappa shape index (κ2) is 6.57. The number of carbonyl (C=O) groups excluding carboxylic acids is 1. The highest BCUT2D eigenvalue weighted by molar-refractivity contribution is 9.10. The fourth-order valence-electron chi connectivity index (χ4n) is 2.84. The van der Waals surface area contributed by atoms with Gasteiger partial charge in [-0.1, -0.05) is 34.6 Å². The summed E-state index contributed by atoms with van der Waals surface area (Å²) in [6, 6.07) is 7.49. The average molecular weight is 417 g/mol. The fraction of sp³-hybridized carbons (Fsp3) is 0.467. The third kappa shape index (κ3) is 3.64. The van der Waals surface area contributed by atoms with Crippen molar-refractivity contribution in [3.8, 4) is 0 Å². The number of amidine groups is 1. The van der Waals surface area contributed by atoms with Crippen molar-refractivity contribution < 1.29 is 13.2 Å². The minimum Gasteiger partial charge on any atom is -0.316 e. The van der Waals surface area contributed by atoms with Crippen LogP contribution in [0.2, 0.25) is 0 Å². The zero-order valence-corrected chi connectivity index (χ0v) is 15.8. The Morgan fingerprint density at radius 1 is 1.35 bits per heavy atom. The SMILES string of the molecule is CCCC(=O)N=C1S[C@@H]2CS(=O)(=O)C[C@H]2N1c1ccc(Br)cc1. The van der Waals surface area contributed by atoms with Crippen LogP contribution >= 0.6 is 27.7 Å². The molecule has 2 fully saturated rings. The molecule has 23 heavy (non-hydrogen) atoms. The van der Waals surface area contributed by atoms with Crippen molar-refractivity contribution >= 4 is 54.3 Å². The van der Waals surface area contributed by atoms with Crippen molar-refractivity contribution in [3.05, 3.63) is 28.7 Å². The number of nitrogens with zero attached hydrogens (tertiary/aromatic N) is 2. The van der Waals surface area contributed by atoms with E-state index in [-0.39, 0.29) is 28.7 Å². The first kappa shape index (κ1) is 17.0. The molecule has 0 bridgehead atoms. The first-order valence-corrected chi connectivity index (χ1v) is 10.9. The number of hydrogen-bond acceptors (Lipinski definition) is 4. The minimum absolute atomic E-state index is 0.0585. The van der Waals surface area contributed by atoms with E-state index in [1.807, 2.05) is 36.1 Å². The van der Waals surface area contributed by atoms with E-state index in [0.717, 1.165) is 16.6 Å². The molecule has 2 aliphatic heterocycles. The Morgan fingerprint density at radius 2 is 2.04 bits per heavy atom. The van der Waals surface area contributed by atoms with E-state index in [2.05, 4.69) is 20.9 Å². The number of halogens is 1. The van der Waals surface area contributed by atoms with Gasteiger partial charge in [0.1, 0.15) is 0 Å². The molecule has 0 spiro atoms. The van der Waals surface area contributed by atoms with Gasteiger partial charge >= 0.3 is 0 Å². The van der Waals surface area contributed by atoms with Crippen LogP contribution in [-0.4, -0.2) is 42.3 Å². The third-order valence-electron chi connectivity index (χ3n) is 3.86. The highest BCUT2D eigenvalue weighted by Crippen LogP contribution is 2.41. The maximum Gasteiger partial charge on any atom is 0.248 e. The molecule has 5 nitrogen and oxygen atoms in total. The molecule has 0 radical (unpaired) electrons. The number of rotatable bonds is 3. The van der Waals surface area contributed by atoms with Gasteiger partial charge in [0.05, 0.1) is 17.5 Å². The lowest BCUT2D eigenvalue weighted by molar-refractivity contribution is -0.117. The van der Waals surface area contributed by atoms with Gasteiger partial charge in [0.2, 0.25) is 5.91 Å². The maximum atomic E-state index is 12.0. The van der Waals surface area contributed by atoms with Crippen LogP contribution in [0.4, 0.5) is 5.69 Å². The molecule has 3 rings (SSSR count). The van der Waals surface area contributed by atoms with E-state index in [9.17, 15) is 13.2 Å². The Kier molecular flexibility index (Phi) is 4.85. The Hall–Kier alpha value is -0.860. The average Bonchev–Trinajstić information content (AvgIpc) is 2.91. The minimum atomic E-state index is -3.03. The van der Waals surface area contributed by atoms with E-state index in [1.165, 1.54) is 11.8 Å². The van der Waals surface area contributed by atoms with E-state index >= 15 is 0 Å². The van der Waals surface area contributed by atoms with Crippen LogP contribution in [0.25, 0.3) is 0 Å². The van der Waals surface area contributed by atoms with E-state index < -0.39 is 9.84 Å². The maximum absolute atomic E-state index is 12.0. The molecule has 0 unspecified atom stereocenters. The highest BCUT2D eigenvalue weighted by atomic mass is 79.9. The summed E-state index contributed by atoms with van der Waals surface area (Å²) in [5, 5.41) is 0.562. The number of carbonyl (C=O) groups is 1. The van der Waals surface area contributed by atoms with E-state index in [1.54, 1.807) is 0 Å². The Balaban J connectivity index is 1.97. The molecule has 2 heterocycles. The van der Waals surface area contributed by atoms with Crippen LogP contribution in [0.1, 0.15) is 19.8 Å². The number of thioether (sulfide) groups is 1. The molecule has 0 saturated carbocycles. The summed E-state index contributed by atoms with van der Waals surface area (Å²) in [6.07, 6.45) is 1.16. The molecule has 2 aliphatic rings. The number of hydrogen-bond donors (Lipinski definition) is 0. The number of benzene rings is 1. The topological polar surface area (TPSA) is 66.8 Å². The number of sulfone groups is 1. The number of aliphatic imine (C=N–C) groups is 1. The van der Waals surface area contributed by atoms with Crippen LogP contribution in [0, 0.1) is 0 Å². The second-order valence-corrected chi connectivity index (χ2v) is 9.96.